The van der Waals surface area contributed by atoms with Crippen molar-refractivity contribution in [2.45, 2.75) is 12.8 Å². The summed E-state index contributed by atoms with van der Waals surface area (Å²) < 4.78 is 31.2. The maximum atomic E-state index is 13.4. The minimum atomic E-state index is -0.948. The molecule has 2 aromatic rings. The number of esters is 1. The van der Waals surface area contributed by atoms with Crippen LogP contribution in [0.5, 0.6) is 5.75 Å². The van der Waals surface area contributed by atoms with E-state index in [0.717, 1.165) is 12.1 Å². The molecule has 114 valence electrons. The maximum absolute atomic E-state index is 13.4. The van der Waals surface area contributed by atoms with Gasteiger partial charge in [-0.05, 0) is 36.4 Å². The molecule has 0 bridgehead atoms. The van der Waals surface area contributed by atoms with Gasteiger partial charge in [0.05, 0.1) is 12.0 Å². The third-order valence-electron chi connectivity index (χ3n) is 2.83. The number of halogens is 3. The van der Waals surface area contributed by atoms with Crippen molar-refractivity contribution in [2.75, 3.05) is 0 Å². The second-order valence-electron chi connectivity index (χ2n) is 4.48. The molecule has 22 heavy (non-hydrogen) atoms. The summed E-state index contributed by atoms with van der Waals surface area (Å²) >= 11 is 5.70. The van der Waals surface area contributed by atoms with Crippen molar-refractivity contribution in [2.24, 2.45) is 0 Å². The summed E-state index contributed by atoms with van der Waals surface area (Å²) in [5.74, 6) is -2.63. The van der Waals surface area contributed by atoms with Gasteiger partial charge in [0.15, 0.2) is 5.78 Å². The van der Waals surface area contributed by atoms with Crippen molar-refractivity contribution in [1.29, 1.82) is 0 Å². The molecule has 0 heterocycles. The Hall–Kier alpha value is -2.27. The lowest BCUT2D eigenvalue weighted by molar-refractivity contribution is -0.134. The first kappa shape index (κ1) is 16.1. The topological polar surface area (TPSA) is 43.4 Å². The largest absolute Gasteiger partial charge is 0.427 e. The van der Waals surface area contributed by atoms with Gasteiger partial charge in [-0.25, -0.2) is 8.78 Å². The molecule has 0 N–H and O–H groups in total. The van der Waals surface area contributed by atoms with Gasteiger partial charge in [-0.2, -0.15) is 0 Å². The third-order valence-corrected chi connectivity index (χ3v) is 3.09. The van der Waals surface area contributed by atoms with E-state index in [0.29, 0.717) is 16.8 Å². The van der Waals surface area contributed by atoms with Crippen LogP contribution in [0.15, 0.2) is 42.5 Å². The van der Waals surface area contributed by atoms with E-state index in [1.54, 1.807) is 12.1 Å². The SMILES string of the molecule is O=C(CCC(=O)c1ccc(F)cc1F)Oc1ccc(Cl)cc1. The van der Waals surface area contributed by atoms with Crippen molar-refractivity contribution < 1.29 is 23.1 Å². The number of carbonyl (C=O) groups is 2. The Kier molecular flexibility index (Phi) is 5.22. The van der Waals surface area contributed by atoms with E-state index in [4.69, 9.17) is 16.3 Å². The first-order valence-corrected chi connectivity index (χ1v) is 6.78. The quantitative estimate of drug-likeness (QED) is 0.470. The van der Waals surface area contributed by atoms with E-state index < -0.39 is 23.4 Å². The summed E-state index contributed by atoms with van der Waals surface area (Å²) in [4.78, 5) is 23.4. The summed E-state index contributed by atoms with van der Waals surface area (Å²) in [6, 6.07) is 8.81. The Morgan fingerprint density at radius 2 is 1.68 bits per heavy atom. The average molecular weight is 325 g/mol. The zero-order chi connectivity index (χ0) is 16.1. The number of Topliss-reactive ketones (excluding diaryl/α,β-unsaturated/α-hetero) is 1. The Morgan fingerprint density at radius 3 is 2.32 bits per heavy atom. The van der Waals surface area contributed by atoms with Crippen molar-refractivity contribution in [3.05, 3.63) is 64.7 Å². The average Bonchev–Trinajstić information content (AvgIpc) is 2.47. The van der Waals surface area contributed by atoms with Crippen LogP contribution in [0.25, 0.3) is 0 Å². The van der Waals surface area contributed by atoms with E-state index >= 15 is 0 Å². The van der Waals surface area contributed by atoms with Gasteiger partial charge in [0.1, 0.15) is 17.4 Å². The van der Waals surface area contributed by atoms with Gasteiger partial charge in [-0.15, -0.1) is 0 Å². The second kappa shape index (κ2) is 7.13. The molecule has 6 heteroatoms. The highest BCUT2D eigenvalue weighted by atomic mass is 35.5. The van der Waals surface area contributed by atoms with E-state index in [1.165, 1.54) is 12.1 Å². The molecule has 0 saturated heterocycles. The molecule has 0 amide bonds. The smallest absolute Gasteiger partial charge is 0.311 e. The minimum Gasteiger partial charge on any atom is -0.427 e. The highest BCUT2D eigenvalue weighted by Gasteiger charge is 2.15. The van der Waals surface area contributed by atoms with Crippen molar-refractivity contribution in [3.8, 4) is 5.75 Å². The molecule has 0 fully saturated rings. The van der Waals surface area contributed by atoms with Gasteiger partial charge >= 0.3 is 5.97 Å². The van der Waals surface area contributed by atoms with Crippen LogP contribution in [0.3, 0.4) is 0 Å². The van der Waals surface area contributed by atoms with Crippen LogP contribution in [0.1, 0.15) is 23.2 Å². The third kappa shape index (κ3) is 4.36. The fourth-order valence-corrected chi connectivity index (χ4v) is 1.88. The lowest BCUT2D eigenvalue weighted by Crippen LogP contribution is -2.11. The number of ether oxygens (including phenoxy) is 1. The van der Waals surface area contributed by atoms with Crippen molar-refractivity contribution in [3.63, 3.8) is 0 Å². The van der Waals surface area contributed by atoms with Gasteiger partial charge in [0.2, 0.25) is 0 Å². The number of rotatable bonds is 5. The van der Waals surface area contributed by atoms with Crippen LogP contribution in [-0.4, -0.2) is 11.8 Å². The highest BCUT2D eigenvalue weighted by molar-refractivity contribution is 6.30. The minimum absolute atomic E-state index is 0.210. The molecule has 0 aromatic heterocycles. The Morgan fingerprint density at radius 1 is 1.00 bits per heavy atom. The van der Waals surface area contributed by atoms with Crippen LogP contribution < -0.4 is 4.74 Å². The van der Waals surface area contributed by atoms with Crippen LogP contribution >= 0.6 is 11.6 Å². The zero-order valence-electron chi connectivity index (χ0n) is 11.3. The fraction of sp³-hybridized carbons (Fsp3) is 0.125. The predicted molar refractivity (Wildman–Crippen MR) is 77.0 cm³/mol. The van der Waals surface area contributed by atoms with Gasteiger partial charge < -0.3 is 4.74 Å². The number of ketones is 1. The molecular formula is C16H11ClF2O3. The van der Waals surface area contributed by atoms with Gasteiger partial charge in [-0.1, -0.05) is 11.6 Å². The normalized spacial score (nSPS) is 10.3. The molecule has 3 nitrogen and oxygen atoms in total. The van der Waals surface area contributed by atoms with Crippen LogP contribution in [0, 0.1) is 11.6 Å². The lowest BCUT2D eigenvalue weighted by atomic mass is 10.1. The van der Waals surface area contributed by atoms with E-state index in [9.17, 15) is 18.4 Å². The summed E-state index contributed by atoms with van der Waals surface area (Å²) in [5, 5.41) is 0.502. The molecule has 0 radical (unpaired) electrons. The van der Waals surface area contributed by atoms with Gasteiger partial charge in [-0.3, -0.25) is 9.59 Å². The first-order valence-electron chi connectivity index (χ1n) is 6.40. The molecule has 2 aromatic carbocycles. The molecule has 2 rings (SSSR count). The van der Waals surface area contributed by atoms with Crippen LogP contribution in [-0.2, 0) is 4.79 Å². The number of hydrogen-bond donors (Lipinski definition) is 0. The monoisotopic (exact) mass is 324 g/mol. The summed E-state index contributed by atoms with van der Waals surface area (Å²) in [7, 11) is 0. The van der Waals surface area contributed by atoms with Crippen molar-refractivity contribution in [1.82, 2.24) is 0 Å². The van der Waals surface area contributed by atoms with Gasteiger partial charge in [0, 0.05) is 17.5 Å². The van der Waals surface area contributed by atoms with Crippen LogP contribution in [0.2, 0.25) is 5.02 Å². The van der Waals surface area contributed by atoms with E-state index in [2.05, 4.69) is 0 Å². The van der Waals surface area contributed by atoms with E-state index in [-0.39, 0.29) is 18.4 Å². The summed E-state index contributed by atoms with van der Waals surface area (Å²) in [6.45, 7) is 0. The maximum Gasteiger partial charge on any atom is 0.311 e. The number of carbonyl (C=O) groups excluding carboxylic acids is 2. The molecule has 0 atom stereocenters. The predicted octanol–water partition coefficient (Wildman–Crippen LogP) is 4.19. The fourth-order valence-electron chi connectivity index (χ4n) is 1.75. The molecule has 0 aliphatic heterocycles. The molecule has 0 aliphatic carbocycles. The molecule has 0 unspecified atom stereocenters. The van der Waals surface area contributed by atoms with Gasteiger partial charge in [0.25, 0.3) is 0 Å². The second-order valence-corrected chi connectivity index (χ2v) is 4.91. The Bertz CT molecular complexity index is 699. The molecular weight excluding hydrogens is 314 g/mol. The number of benzene rings is 2. The molecule has 0 spiro atoms. The summed E-state index contributed by atoms with van der Waals surface area (Å²) in [5.41, 5.74) is -0.249. The molecule has 0 saturated carbocycles. The highest BCUT2D eigenvalue weighted by Crippen LogP contribution is 2.17. The van der Waals surface area contributed by atoms with E-state index in [1.807, 2.05) is 0 Å². The Labute approximate surface area is 130 Å². The Balaban J connectivity index is 1.90. The summed E-state index contributed by atoms with van der Waals surface area (Å²) in [6.07, 6.45) is -0.437. The lowest BCUT2D eigenvalue weighted by Gasteiger charge is -2.05. The number of hydrogen-bond acceptors (Lipinski definition) is 3. The zero-order valence-corrected chi connectivity index (χ0v) is 12.1. The molecule has 0 aliphatic rings. The van der Waals surface area contributed by atoms with Crippen LogP contribution in [0.4, 0.5) is 8.78 Å². The van der Waals surface area contributed by atoms with Crippen molar-refractivity contribution >= 4 is 23.4 Å². The first-order chi connectivity index (χ1) is 10.5. The standard InChI is InChI=1S/C16H11ClF2O3/c17-10-1-4-12(5-2-10)22-16(21)8-7-15(20)13-6-3-11(18)9-14(13)19/h1-6,9H,7-8H2.